The second-order valence-corrected chi connectivity index (χ2v) is 5.53. The molecule has 6 heteroatoms. The minimum Gasteiger partial charge on any atom is -0.383 e. The van der Waals surface area contributed by atoms with E-state index < -0.39 is 10.8 Å². The van der Waals surface area contributed by atoms with Gasteiger partial charge in [-0.2, -0.15) is 0 Å². The summed E-state index contributed by atoms with van der Waals surface area (Å²) >= 11 is 0. The van der Waals surface area contributed by atoms with Crippen molar-refractivity contribution in [1.82, 2.24) is 14.9 Å². The van der Waals surface area contributed by atoms with E-state index in [-0.39, 0.29) is 6.04 Å². The molecule has 0 aliphatic rings. The van der Waals surface area contributed by atoms with Gasteiger partial charge >= 0.3 is 0 Å². The van der Waals surface area contributed by atoms with E-state index in [1.54, 1.807) is 19.7 Å². The van der Waals surface area contributed by atoms with Crippen LogP contribution in [-0.2, 0) is 22.1 Å². The number of nitrogens with one attached hydrogen (secondary N) is 1. The molecule has 1 aromatic rings. The fourth-order valence-corrected chi connectivity index (χ4v) is 2.52. The lowest BCUT2D eigenvalue weighted by Crippen LogP contribution is -2.22. The molecule has 17 heavy (non-hydrogen) atoms. The van der Waals surface area contributed by atoms with Crippen LogP contribution >= 0.6 is 0 Å². The van der Waals surface area contributed by atoms with Gasteiger partial charge in [-0.3, -0.25) is 4.21 Å². The highest BCUT2D eigenvalue weighted by molar-refractivity contribution is 7.84. The average molecular weight is 259 g/mol. The second kappa shape index (κ2) is 7.58. The molecule has 0 aliphatic heterocycles. The van der Waals surface area contributed by atoms with Crippen LogP contribution in [0.3, 0.4) is 0 Å². The van der Waals surface area contributed by atoms with Crippen LogP contribution in [0.4, 0.5) is 0 Å². The maximum absolute atomic E-state index is 11.2. The maximum Gasteiger partial charge on any atom is 0.0951 e. The zero-order valence-corrected chi connectivity index (χ0v) is 11.5. The number of ether oxygens (including phenoxy) is 1. The van der Waals surface area contributed by atoms with Gasteiger partial charge in [0.1, 0.15) is 0 Å². The minimum atomic E-state index is -0.786. The fraction of sp³-hybridized carbons (Fsp3) is 0.727. The molecule has 0 aromatic carbocycles. The third-order valence-corrected chi connectivity index (χ3v) is 3.44. The lowest BCUT2D eigenvalue weighted by Gasteiger charge is -2.15. The molecule has 0 amide bonds. The van der Waals surface area contributed by atoms with Gasteiger partial charge in [-0.25, -0.2) is 4.98 Å². The van der Waals surface area contributed by atoms with Crippen molar-refractivity contribution in [2.45, 2.75) is 19.5 Å². The van der Waals surface area contributed by atoms with E-state index >= 15 is 0 Å². The predicted molar refractivity (Wildman–Crippen MR) is 69.5 cm³/mol. The number of aromatic nitrogens is 2. The Morgan fingerprint density at radius 2 is 2.41 bits per heavy atom. The fourth-order valence-electron chi connectivity index (χ4n) is 1.68. The van der Waals surface area contributed by atoms with Crippen molar-refractivity contribution in [2.75, 3.05) is 32.3 Å². The van der Waals surface area contributed by atoms with Gasteiger partial charge in [0, 0.05) is 55.2 Å². The van der Waals surface area contributed by atoms with Gasteiger partial charge in [-0.05, 0) is 6.92 Å². The predicted octanol–water partition coefficient (Wildman–Crippen LogP) is 0.559. The molecular weight excluding hydrogens is 238 g/mol. The van der Waals surface area contributed by atoms with E-state index in [0.717, 1.165) is 18.8 Å². The van der Waals surface area contributed by atoms with Crippen molar-refractivity contribution in [3.05, 3.63) is 18.2 Å². The van der Waals surface area contributed by atoms with E-state index in [0.29, 0.717) is 12.4 Å². The highest BCUT2D eigenvalue weighted by Crippen LogP contribution is 2.10. The molecule has 1 N–H and O–H groups in total. The van der Waals surface area contributed by atoms with E-state index in [4.69, 9.17) is 4.74 Å². The molecule has 0 bridgehead atoms. The molecule has 2 unspecified atom stereocenters. The molecule has 0 saturated heterocycles. The van der Waals surface area contributed by atoms with Crippen LogP contribution in [0.25, 0.3) is 0 Å². The van der Waals surface area contributed by atoms with Crippen LogP contribution in [0.5, 0.6) is 0 Å². The smallest absolute Gasteiger partial charge is 0.0951 e. The van der Waals surface area contributed by atoms with E-state index in [1.807, 2.05) is 6.20 Å². The summed E-state index contributed by atoms with van der Waals surface area (Å²) in [5, 5.41) is 3.28. The molecule has 1 heterocycles. The van der Waals surface area contributed by atoms with Gasteiger partial charge < -0.3 is 14.6 Å². The molecule has 0 spiro atoms. The standard InChI is InChI=1S/C11H21N3O2S/c1-10(8-17(3)15)14-9-13-7-11(14)6-12-4-5-16-2/h7,9-10,12H,4-6,8H2,1-3H3. The summed E-state index contributed by atoms with van der Waals surface area (Å²) in [4.78, 5) is 4.14. The van der Waals surface area contributed by atoms with Crippen LogP contribution in [-0.4, -0.2) is 46.0 Å². The Morgan fingerprint density at radius 3 is 3.06 bits per heavy atom. The summed E-state index contributed by atoms with van der Waals surface area (Å²) < 4.78 is 18.2. The first-order chi connectivity index (χ1) is 8.15. The molecule has 0 fully saturated rings. The van der Waals surface area contributed by atoms with Crippen molar-refractivity contribution < 1.29 is 8.95 Å². The SMILES string of the molecule is COCCNCc1cncn1C(C)CS(C)=O. The van der Waals surface area contributed by atoms with Gasteiger partial charge in [0.15, 0.2) is 0 Å². The molecule has 98 valence electrons. The van der Waals surface area contributed by atoms with Gasteiger partial charge in [0.25, 0.3) is 0 Å². The number of methoxy groups -OCH3 is 1. The maximum atomic E-state index is 11.2. The van der Waals surface area contributed by atoms with E-state index in [1.165, 1.54) is 0 Å². The molecule has 0 radical (unpaired) electrons. The largest absolute Gasteiger partial charge is 0.383 e. The quantitative estimate of drug-likeness (QED) is 0.693. The Hall–Kier alpha value is -0.720. The topological polar surface area (TPSA) is 56.1 Å². The van der Waals surface area contributed by atoms with Crippen LogP contribution in [0.15, 0.2) is 12.5 Å². The number of imidazole rings is 1. The van der Waals surface area contributed by atoms with Crippen molar-refractivity contribution in [3.8, 4) is 0 Å². The Kier molecular flexibility index (Phi) is 6.39. The molecule has 5 nitrogen and oxygen atoms in total. The average Bonchev–Trinajstić information content (AvgIpc) is 2.71. The molecule has 2 atom stereocenters. The highest BCUT2D eigenvalue weighted by atomic mass is 32.2. The number of rotatable bonds is 8. The van der Waals surface area contributed by atoms with Gasteiger partial charge in [0.2, 0.25) is 0 Å². The number of nitrogens with zero attached hydrogens (tertiary/aromatic N) is 2. The molecular formula is C11H21N3O2S. The Labute approximate surface area is 105 Å². The molecule has 0 aliphatic carbocycles. The zero-order chi connectivity index (χ0) is 12.7. The number of hydrogen-bond donors (Lipinski definition) is 1. The highest BCUT2D eigenvalue weighted by Gasteiger charge is 2.10. The first-order valence-corrected chi connectivity index (χ1v) is 7.38. The van der Waals surface area contributed by atoms with Gasteiger partial charge in [-0.1, -0.05) is 0 Å². The summed E-state index contributed by atoms with van der Waals surface area (Å²) in [6, 6.07) is 0.211. The Morgan fingerprint density at radius 1 is 1.65 bits per heavy atom. The minimum absolute atomic E-state index is 0.211. The molecule has 1 aromatic heterocycles. The summed E-state index contributed by atoms with van der Waals surface area (Å²) in [5.41, 5.74) is 1.11. The van der Waals surface area contributed by atoms with Crippen LogP contribution in [0.2, 0.25) is 0 Å². The van der Waals surface area contributed by atoms with Crippen molar-refractivity contribution in [1.29, 1.82) is 0 Å². The first kappa shape index (κ1) is 14.3. The Balaban J connectivity index is 2.50. The van der Waals surface area contributed by atoms with Gasteiger partial charge in [0.05, 0.1) is 18.6 Å². The second-order valence-electron chi connectivity index (χ2n) is 4.05. The third kappa shape index (κ3) is 4.97. The summed E-state index contributed by atoms with van der Waals surface area (Å²) in [6.45, 7) is 4.32. The van der Waals surface area contributed by atoms with Crippen LogP contribution in [0.1, 0.15) is 18.7 Å². The summed E-state index contributed by atoms with van der Waals surface area (Å²) in [7, 11) is 0.899. The van der Waals surface area contributed by atoms with E-state index in [2.05, 4.69) is 21.8 Å². The Bertz CT molecular complexity index is 354. The summed E-state index contributed by atoms with van der Waals surface area (Å²) in [6.07, 6.45) is 5.36. The lowest BCUT2D eigenvalue weighted by molar-refractivity contribution is 0.199. The monoisotopic (exact) mass is 259 g/mol. The van der Waals surface area contributed by atoms with Crippen LogP contribution in [0, 0.1) is 0 Å². The van der Waals surface area contributed by atoms with Crippen LogP contribution < -0.4 is 5.32 Å². The third-order valence-electron chi connectivity index (χ3n) is 2.49. The zero-order valence-electron chi connectivity index (χ0n) is 10.7. The number of hydrogen-bond acceptors (Lipinski definition) is 4. The summed E-state index contributed by atoms with van der Waals surface area (Å²) in [5.74, 6) is 0.654. The van der Waals surface area contributed by atoms with Gasteiger partial charge in [-0.15, -0.1) is 0 Å². The molecule has 0 saturated carbocycles. The first-order valence-electron chi connectivity index (χ1n) is 5.65. The lowest BCUT2D eigenvalue weighted by atomic mass is 10.3. The normalized spacial score (nSPS) is 14.8. The van der Waals surface area contributed by atoms with Crippen molar-refractivity contribution >= 4 is 10.8 Å². The molecule has 1 rings (SSSR count). The van der Waals surface area contributed by atoms with Crippen molar-refractivity contribution in [3.63, 3.8) is 0 Å². The van der Waals surface area contributed by atoms with Crippen molar-refractivity contribution in [2.24, 2.45) is 0 Å². The van der Waals surface area contributed by atoms with E-state index in [9.17, 15) is 4.21 Å².